The van der Waals surface area contributed by atoms with E-state index in [1.807, 2.05) is 26.0 Å². The molecule has 5 nitrogen and oxygen atoms in total. The summed E-state index contributed by atoms with van der Waals surface area (Å²) in [6, 6.07) is 0. The van der Waals surface area contributed by atoms with Crippen molar-refractivity contribution in [1.82, 2.24) is 20.1 Å². The molecule has 1 aromatic heterocycles. The van der Waals surface area contributed by atoms with E-state index >= 15 is 0 Å². The van der Waals surface area contributed by atoms with Crippen molar-refractivity contribution in [2.75, 3.05) is 39.1 Å². The molecule has 84 valence electrons. The van der Waals surface area contributed by atoms with Gasteiger partial charge in [0, 0.05) is 20.1 Å². The highest BCUT2D eigenvalue weighted by molar-refractivity contribution is 6.32. The molecule has 0 aliphatic heterocycles. The predicted molar refractivity (Wildman–Crippen MR) is 61.7 cm³/mol. The standard InChI is InChI=1S/C8H13Cl2N5/c1-14(2)4-5-15(3)7-6(9)12-13-8(10)11-7/h4-5H2,1-3H3. The van der Waals surface area contributed by atoms with Gasteiger partial charge in [0.1, 0.15) is 0 Å². The third-order valence-corrected chi connectivity index (χ3v) is 2.25. The van der Waals surface area contributed by atoms with Crippen LogP contribution in [0.2, 0.25) is 10.4 Å². The number of hydrogen-bond acceptors (Lipinski definition) is 5. The summed E-state index contributed by atoms with van der Waals surface area (Å²) in [4.78, 5) is 7.98. The lowest BCUT2D eigenvalue weighted by molar-refractivity contribution is 0.416. The Hall–Kier alpha value is -0.650. The van der Waals surface area contributed by atoms with Gasteiger partial charge in [-0.15, -0.1) is 10.2 Å². The number of likely N-dealkylation sites (N-methyl/N-ethyl adjacent to an activating group) is 2. The van der Waals surface area contributed by atoms with Gasteiger partial charge in [0.25, 0.3) is 0 Å². The molecular formula is C8H13Cl2N5. The minimum absolute atomic E-state index is 0.103. The fraction of sp³-hybridized carbons (Fsp3) is 0.625. The maximum Gasteiger partial charge on any atom is 0.245 e. The van der Waals surface area contributed by atoms with Gasteiger partial charge >= 0.3 is 0 Å². The van der Waals surface area contributed by atoms with Crippen molar-refractivity contribution in [3.8, 4) is 0 Å². The Kier molecular flexibility index (Phi) is 4.50. The van der Waals surface area contributed by atoms with Crippen molar-refractivity contribution in [1.29, 1.82) is 0 Å². The monoisotopic (exact) mass is 249 g/mol. The van der Waals surface area contributed by atoms with Gasteiger partial charge in [-0.25, -0.2) is 0 Å². The molecule has 0 bridgehead atoms. The Morgan fingerprint density at radius 3 is 2.33 bits per heavy atom. The Bertz CT molecular complexity index is 331. The van der Waals surface area contributed by atoms with Gasteiger partial charge in [0.05, 0.1) is 0 Å². The van der Waals surface area contributed by atoms with Crippen LogP contribution in [0.1, 0.15) is 0 Å². The van der Waals surface area contributed by atoms with Gasteiger partial charge in [-0.1, -0.05) is 11.6 Å². The molecule has 15 heavy (non-hydrogen) atoms. The summed E-state index contributed by atoms with van der Waals surface area (Å²) in [6.07, 6.45) is 0. The van der Waals surface area contributed by atoms with E-state index < -0.39 is 0 Å². The molecule has 0 saturated heterocycles. The largest absolute Gasteiger partial charge is 0.356 e. The second-order valence-electron chi connectivity index (χ2n) is 3.42. The molecule has 0 fully saturated rings. The van der Waals surface area contributed by atoms with Gasteiger partial charge in [0.2, 0.25) is 5.28 Å². The van der Waals surface area contributed by atoms with Crippen molar-refractivity contribution >= 4 is 29.0 Å². The summed E-state index contributed by atoms with van der Waals surface area (Å²) in [7, 11) is 5.89. The van der Waals surface area contributed by atoms with Gasteiger partial charge in [-0.3, -0.25) is 0 Å². The Labute approximate surface area is 99.0 Å². The molecule has 0 aromatic carbocycles. The number of nitrogens with zero attached hydrogens (tertiary/aromatic N) is 5. The SMILES string of the molecule is CN(C)CCN(C)c1nc(Cl)nnc1Cl. The molecular weight excluding hydrogens is 237 g/mol. The normalized spacial score (nSPS) is 10.8. The number of anilines is 1. The summed E-state index contributed by atoms with van der Waals surface area (Å²) in [5, 5.41) is 7.61. The fourth-order valence-electron chi connectivity index (χ4n) is 0.985. The maximum absolute atomic E-state index is 5.86. The van der Waals surface area contributed by atoms with E-state index in [-0.39, 0.29) is 10.4 Å². The lowest BCUT2D eigenvalue weighted by Crippen LogP contribution is -2.29. The Balaban J connectivity index is 2.72. The van der Waals surface area contributed by atoms with E-state index in [1.54, 1.807) is 0 Å². The van der Waals surface area contributed by atoms with Crippen molar-refractivity contribution in [3.05, 3.63) is 10.4 Å². The van der Waals surface area contributed by atoms with Crippen LogP contribution in [0.25, 0.3) is 0 Å². The molecule has 0 radical (unpaired) electrons. The van der Waals surface area contributed by atoms with Gasteiger partial charge in [-0.05, 0) is 25.7 Å². The van der Waals surface area contributed by atoms with Crippen LogP contribution in [0.5, 0.6) is 0 Å². The fourth-order valence-corrected chi connectivity index (χ4v) is 1.33. The minimum atomic E-state index is 0.103. The Morgan fingerprint density at radius 1 is 1.07 bits per heavy atom. The van der Waals surface area contributed by atoms with E-state index in [9.17, 15) is 0 Å². The third kappa shape index (κ3) is 3.77. The third-order valence-electron chi connectivity index (χ3n) is 1.85. The zero-order chi connectivity index (χ0) is 11.4. The molecule has 0 saturated carbocycles. The summed E-state index contributed by atoms with van der Waals surface area (Å²) in [5.74, 6) is 0.554. The average molecular weight is 250 g/mol. The van der Waals surface area contributed by atoms with Crippen LogP contribution in [-0.4, -0.2) is 54.3 Å². The van der Waals surface area contributed by atoms with Crippen molar-refractivity contribution in [2.24, 2.45) is 0 Å². The predicted octanol–water partition coefficient (Wildman–Crippen LogP) is 1.18. The molecule has 0 amide bonds. The second kappa shape index (κ2) is 5.44. The summed E-state index contributed by atoms with van der Waals surface area (Å²) >= 11 is 11.5. The van der Waals surface area contributed by atoms with Crippen LogP contribution >= 0.6 is 23.2 Å². The van der Waals surface area contributed by atoms with E-state index in [4.69, 9.17) is 23.2 Å². The molecule has 0 aliphatic carbocycles. The lowest BCUT2D eigenvalue weighted by atomic mass is 10.5. The maximum atomic E-state index is 5.86. The second-order valence-corrected chi connectivity index (χ2v) is 4.12. The van der Waals surface area contributed by atoms with Crippen LogP contribution in [0.15, 0.2) is 0 Å². The topological polar surface area (TPSA) is 45.2 Å². The van der Waals surface area contributed by atoms with Crippen molar-refractivity contribution in [3.63, 3.8) is 0 Å². The first-order valence-corrected chi connectivity index (χ1v) is 5.18. The van der Waals surface area contributed by atoms with E-state index in [0.717, 1.165) is 13.1 Å². The van der Waals surface area contributed by atoms with Crippen molar-refractivity contribution in [2.45, 2.75) is 0 Å². The first-order valence-electron chi connectivity index (χ1n) is 4.42. The first-order chi connectivity index (χ1) is 7.00. The van der Waals surface area contributed by atoms with Crippen molar-refractivity contribution < 1.29 is 0 Å². The zero-order valence-electron chi connectivity index (χ0n) is 8.91. The minimum Gasteiger partial charge on any atom is -0.356 e. The highest BCUT2D eigenvalue weighted by atomic mass is 35.5. The number of hydrogen-bond donors (Lipinski definition) is 0. The smallest absolute Gasteiger partial charge is 0.245 e. The van der Waals surface area contributed by atoms with E-state index in [0.29, 0.717) is 5.82 Å². The molecule has 1 aromatic rings. The average Bonchev–Trinajstić information content (AvgIpc) is 2.18. The van der Waals surface area contributed by atoms with Crippen LogP contribution in [-0.2, 0) is 0 Å². The lowest BCUT2D eigenvalue weighted by Gasteiger charge is -2.20. The van der Waals surface area contributed by atoms with Crippen LogP contribution in [0.3, 0.4) is 0 Å². The highest BCUT2D eigenvalue weighted by Gasteiger charge is 2.10. The highest BCUT2D eigenvalue weighted by Crippen LogP contribution is 2.19. The summed E-state index contributed by atoms with van der Waals surface area (Å²) in [5.41, 5.74) is 0. The van der Waals surface area contributed by atoms with Gasteiger partial charge in [-0.2, -0.15) is 4.98 Å². The molecule has 0 spiro atoms. The van der Waals surface area contributed by atoms with E-state index in [1.165, 1.54) is 0 Å². The molecule has 7 heteroatoms. The molecule has 0 unspecified atom stereocenters. The summed E-state index contributed by atoms with van der Waals surface area (Å²) in [6.45, 7) is 1.69. The molecule has 1 rings (SSSR count). The number of aromatic nitrogens is 3. The summed E-state index contributed by atoms with van der Waals surface area (Å²) < 4.78 is 0. The van der Waals surface area contributed by atoms with E-state index in [2.05, 4.69) is 20.1 Å². The first kappa shape index (κ1) is 12.4. The molecule has 0 aliphatic rings. The van der Waals surface area contributed by atoms with Gasteiger partial charge < -0.3 is 9.80 Å². The quantitative estimate of drug-likeness (QED) is 0.802. The zero-order valence-corrected chi connectivity index (χ0v) is 10.4. The van der Waals surface area contributed by atoms with Crippen LogP contribution in [0, 0.1) is 0 Å². The molecule has 1 heterocycles. The van der Waals surface area contributed by atoms with Gasteiger partial charge in [0.15, 0.2) is 11.0 Å². The van der Waals surface area contributed by atoms with Crippen LogP contribution < -0.4 is 4.90 Å². The number of halogens is 2. The molecule has 0 N–H and O–H groups in total. The Morgan fingerprint density at radius 2 is 1.73 bits per heavy atom. The number of rotatable bonds is 4. The van der Waals surface area contributed by atoms with Crippen LogP contribution in [0.4, 0.5) is 5.82 Å². The molecule has 0 atom stereocenters.